The van der Waals surface area contributed by atoms with Gasteiger partial charge in [-0.1, -0.05) is 32.0 Å². The van der Waals surface area contributed by atoms with Crippen molar-refractivity contribution < 1.29 is 22.7 Å². The predicted octanol–water partition coefficient (Wildman–Crippen LogP) is 3.17. The highest BCUT2D eigenvalue weighted by atomic mass is 32.2. The number of carbonyl (C=O) groups excluding carboxylic acids is 1. The molecule has 0 radical (unpaired) electrons. The van der Waals surface area contributed by atoms with Crippen LogP contribution in [0.2, 0.25) is 0 Å². The molecule has 1 atom stereocenters. The van der Waals surface area contributed by atoms with Gasteiger partial charge in [0.25, 0.3) is 0 Å². The lowest BCUT2D eigenvalue weighted by molar-refractivity contribution is -0.115. The fourth-order valence-corrected chi connectivity index (χ4v) is 6.31. The average Bonchev–Trinajstić information content (AvgIpc) is 3.14. The van der Waals surface area contributed by atoms with Gasteiger partial charge >= 0.3 is 0 Å². The Morgan fingerprint density at radius 2 is 1.65 bits per heavy atom. The van der Waals surface area contributed by atoms with E-state index in [1.54, 1.807) is 44.6 Å². The Morgan fingerprint density at radius 1 is 1.00 bits per heavy atom. The van der Waals surface area contributed by atoms with E-state index >= 15 is 0 Å². The summed E-state index contributed by atoms with van der Waals surface area (Å²) in [5.74, 6) is 1.22. The zero-order valence-corrected chi connectivity index (χ0v) is 20.8. The maximum atomic E-state index is 13.0. The van der Waals surface area contributed by atoms with E-state index in [-0.39, 0.29) is 6.04 Å². The molecule has 1 fully saturated rings. The molecule has 34 heavy (non-hydrogen) atoms. The van der Waals surface area contributed by atoms with E-state index in [0.717, 1.165) is 17.6 Å². The maximum Gasteiger partial charge on any atom is 0.243 e. The second-order valence-electron chi connectivity index (χ2n) is 9.15. The summed E-state index contributed by atoms with van der Waals surface area (Å²) in [6.07, 6.45) is 2.13. The average molecular weight is 486 g/mol. The number of hydrogen-bond acceptors (Lipinski definition) is 7. The van der Waals surface area contributed by atoms with Crippen LogP contribution < -0.4 is 9.47 Å². The molecule has 0 N–H and O–H groups in total. The van der Waals surface area contributed by atoms with Crippen molar-refractivity contribution in [2.45, 2.75) is 43.7 Å². The van der Waals surface area contributed by atoms with Crippen molar-refractivity contribution >= 4 is 22.0 Å². The highest BCUT2D eigenvalue weighted by Crippen LogP contribution is 2.40. The lowest BCUT2D eigenvalue weighted by Gasteiger charge is -2.38. The van der Waals surface area contributed by atoms with Crippen LogP contribution in [0.5, 0.6) is 11.5 Å². The zero-order chi connectivity index (χ0) is 24.5. The van der Waals surface area contributed by atoms with Gasteiger partial charge in [0.15, 0.2) is 11.5 Å². The Kier molecular flexibility index (Phi) is 6.69. The van der Waals surface area contributed by atoms with Gasteiger partial charge in [0, 0.05) is 24.1 Å². The van der Waals surface area contributed by atoms with Crippen molar-refractivity contribution in [2.24, 2.45) is 10.5 Å². The lowest BCUT2D eigenvalue weighted by Crippen LogP contribution is -2.50. The maximum absolute atomic E-state index is 13.0. The SMILES string of the molecule is COc1ccc(C2=NN(C3CCN(S(=O)(=O)c4ccccc4)CC3)C(C=O)C2(C)C)cc1OC. The molecule has 2 aromatic carbocycles. The molecule has 0 bridgehead atoms. The van der Waals surface area contributed by atoms with E-state index < -0.39 is 21.5 Å². The highest BCUT2D eigenvalue weighted by molar-refractivity contribution is 7.89. The van der Waals surface area contributed by atoms with E-state index in [1.807, 2.05) is 37.1 Å². The monoisotopic (exact) mass is 485 g/mol. The van der Waals surface area contributed by atoms with Gasteiger partial charge in [-0.3, -0.25) is 5.01 Å². The lowest BCUT2D eigenvalue weighted by atomic mass is 9.78. The van der Waals surface area contributed by atoms with Crippen LogP contribution in [0, 0.1) is 5.41 Å². The smallest absolute Gasteiger partial charge is 0.243 e. The number of hydrazone groups is 1. The molecule has 182 valence electrons. The third-order valence-electron chi connectivity index (χ3n) is 6.81. The fraction of sp³-hybridized carbons (Fsp3) is 0.440. The summed E-state index contributed by atoms with van der Waals surface area (Å²) in [4.78, 5) is 12.5. The zero-order valence-electron chi connectivity index (χ0n) is 20.0. The summed E-state index contributed by atoms with van der Waals surface area (Å²) >= 11 is 0. The number of rotatable bonds is 7. The Hall–Kier alpha value is -2.91. The predicted molar refractivity (Wildman–Crippen MR) is 130 cm³/mol. The van der Waals surface area contributed by atoms with Crippen LogP contribution in [-0.2, 0) is 14.8 Å². The Morgan fingerprint density at radius 3 is 2.24 bits per heavy atom. The van der Waals surface area contributed by atoms with Gasteiger partial charge < -0.3 is 14.3 Å². The molecule has 4 rings (SSSR count). The highest BCUT2D eigenvalue weighted by Gasteiger charge is 2.47. The molecule has 2 heterocycles. The standard InChI is InChI=1S/C25H31N3O5S/c1-25(2)23(17-29)28(26-24(25)18-10-11-21(32-3)22(16-18)33-4)19-12-14-27(15-13-19)34(30,31)20-8-6-5-7-9-20/h5-11,16-17,19,23H,12-15H2,1-4H3. The minimum Gasteiger partial charge on any atom is -0.493 e. The van der Waals surface area contributed by atoms with Gasteiger partial charge in [-0.25, -0.2) is 8.42 Å². The summed E-state index contributed by atoms with van der Waals surface area (Å²) < 4.78 is 38.3. The number of benzene rings is 2. The number of methoxy groups -OCH3 is 2. The minimum absolute atomic E-state index is 0.0330. The topological polar surface area (TPSA) is 88.5 Å². The van der Waals surface area contributed by atoms with Gasteiger partial charge in [-0.05, 0) is 43.2 Å². The quantitative estimate of drug-likeness (QED) is 0.560. The van der Waals surface area contributed by atoms with Crippen LogP contribution in [-0.4, -0.2) is 69.1 Å². The molecule has 2 aliphatic heterocycles. The van der Waals surface area contributed by atoms with Crippen LogP contribution >= 0.6 is 0 Å². The number of hydrogen-bond donors (Lipinski definition) is 0. The summed E-state index contributed by atoms with van der Waals surface area (Å²) in [6.45, 7) is 4.78. The Bertz CT molecular complexity index is 1170. The van der Waals surface area contributed by atoms with Crippen molar-refractivity contribution in [2.75, 3.05) is 27.3 Å². The number of carbonyl (C=O) groups is 1. The summed E-state index contributed by atoms with van der Waals surface area (Å²) in [5.41, 5.74) is 1.13. The first-order valence-electron chi connectivity index (χ1n) is 11.3. The molecule has 0 spiro atoms. The molecule has 8 nitrogen and oxygen atoms in total. The molecule has 2 aliphatic rings. The van der Waals surface area contributed by atoms with E-state index in [9.17, 15) is 13.2 Å². The fourth-order valence-electron chi connectivity index (χ4n) is 4.82. The molecule has 0 aliphatic carbocycles. The number of nitrogens with zero attached hydrogens (tertiary/aromatic N) is 3. The Labute approximate surface area is 201 Å². The third-order valence-corrected chi connectivity index (χ3v) is 8.73. The number of ether oxygens (including phenoxy) is 2. The van der Waals surface area contributed by atoms with Crippen molar-refractivity contribution in [1.29, 1.82) is 0 Å². The number of sulfonamides is 1. The van der Waals surface area contributed by atoms with E-state index in [4.69, 9.17) is 14.6 Å². The first kappa shape index (κ1) is 24.2. The number of piperidine rings is 1. The molecule has 1 unspecified atom stereocenters. The van der Waals surface area contributed by atoms with Crippen LogP contribution in [0.1, 0.15) is 32.3 Å². The van der Waals surface area contributed by atoms with Gasteiger partial charge in [0.1, 0.15) is 12.3 Å². The molecule has 0 saturated carbocycles. The van der Waals surface area contributed by atoms with E-state index in [0.29, 0.717) is 42.3 Å². The van der Waals surface area contributed by atoms with Crippen molar-refractivity contribution in [3.05, 3.63) is 54.1 Å². The molecule has 0 amide bonds. The van der Waals surface area contributed by atoms with Crippen molar-refractivity contribution in [1.82, 2.24) is 9.31 Å². The van der Waals surface area contributed by atoms with Crippen LogP contribution in [0.4, 0.5) is 0 Å². The van der Waals surface area contributed by atoms with Crippen molar-refractivity contribution in [3.63, 3.8) is 0 Å². The molecule has 0 aromatic heterocycles. The normalized spacial score (nSPS) is 21.2. The third kappa shape index (κ3) is 4.18. The van der Waals surface area contributed by atoms with Gasteiger partial charge in [0.05, 0.1) is 30.9 Å². The molecule has 1 saturated heterocycles. The first-order chi connectivity index (χ1) is 16.2. The van der Waals surface area contributed by atoms with Gasteiger partial charge in [-0.2, -0.15) is 9.41 Å². The van der Waals surface area contributed by atoms with E-state index in [1.165, 1.54) is 4.31 Å². The summed E-state index contributed by atoms with van der Waals surface area (Å²) in [7, 11) is -0.365. The van der Waals surface area contributed by atoms with Gasteiger partial charge in [-0.15, -0.1) is 0 Å². The second kappa shape index (κ2) is 9.38. The van der Waals surface area contributed by atoms with Crippen LogP contribution in [0.15, 0.2) is 58.5 Å². The molecule has 9 heteroatoms. The molecular formula is C25H31N3O5S. The Balaban J connectivity index is 1.57. The minimum atomic E-state index is -3.54. The molecular weight excluding hydrogens is 454 g/mol. The first-order valence-corrected chi connectivity index (χ1v) is 12.8. The summed E-state index contributed by atoms with van der Waals surface area (Å²) in [5, 5.41) is 6.80. The molecule has 2 aromatic rings. The van der Waals surface area contributed by atoms with Crippen molar-refractivity contribution in [3.8, 4) is 11.5 Å². The van der Waals surface area contributed by atoms with E-state index in [2.05, 4.69) is 0 Å². The second-order valence-corrected chi connectivity index (χ2v) is 11.1. The summed E-state index contributed by atoms with van der Waals surface area (Å²) in [6, 6.07) is 13.6. The largest absolute Gasteiger partial charge is 0.493 e. The van der Waals surface area contributed by atoms with Crippen LogP contribution in [0.3, 0.4) is 0 Å². The van der Waals surface area contributed by atoms with Crippen LogP contribution in [0.25, 0.3) is 0 Å². The van der Waals surface area contributed by atoms with Gasteiger partial charge in [0.2, 0.25) is 10.0 Å². The number of aldehydes is 1.